The highest BCUT2D eigenvalue weighted by Gasteiger charge is 2.14. The lowest BCUT2D eigenvalue weighted by molar-refractivity contribution is 0.102. The topological polar surface area (TPSA) is 85.4 Å². The second kappa shape index (κ2) is 6.89. The van der Waals surface area contributed by atoms with Gasteiger partial charge in [0.25, 0.3) is 16.0 Å². The number of hydrogen-bond donors (Lipinski definition) is 1. The normalized spacial score (nSPS) is 12.7. The quantitative estimate of drug-likeness (QED) is 0.850. The van der Waals surface area contributed by atoms with E-state index in [1.54, 1.807) is 43.5 Å². The zero-order valence-electron chi connectivity index (χ0n) is 13.1. The van der Waals surface area contributed by atoms with Crippen LogP contribution in [0.5, 0.6) is 0 Å². The van der Waals surface area contributed by atoms with Crippen LogP contribution in [0.25, 0.3) is 0 Å². The predicted octanol–water partition coefficient (Wildman–Crippen LogP) is 2.68. The first kappa shape index (κ1) is 17.1. The molecule has 6 nitrogen and oxygen atoms in total. The summed E-state index contributed by atoms with van der Waals surface area (Å²) < 4.78 is 27.3. The largest absolute Gasteiger partial charge is 0.322 e. The third-order valence-electron chi connectivity index (χ3n) is 3.07. The predicted molar refractivity (Wildman–Crippen MR) is 87.7 cm³/mol. The van der Waals surface area contributed by atoms with Crippen molar-refractivity contribution in [3.8, 4) is 0 Å². The molecule has 0 aliphatic rings. The molecule has 0 fully saturated rings. The summed E-state index contributed by atoms with van der Waals surface area (Å²) in [4.78, 5) is 16.2. The van der Waals surface area contributed by atoms with Crippen LogP contribution in [-0.4, -0.2) is 25.6 Å². The molecular weight excluding hydrogens is 316 g/mol. The second-order valence-electron chi connectivity index (χ2n) is 5.27. The number of carbonyl (C=O) groups is 1. The first-order valence-electron chi connectivity index (χ1n) is 6.96. The summed E-state index contributed by atoms with van der Waals surface area (Å²) in [5.74, 6) is -0.282. The van der Waals surface area contributed by atoms with Crippen LogP contribution in [0.15, 0.2) is 42.7 Å². The molecule has 0 saturated carbocycles. The van der Waals surface area contributed by atoms with Gasteiger partial charge in [-0.25, -0.2) is 0 Å². The molecule has 0 saturated heterocycles. The van der Waals surface area contributed by atoms with Crippen molar-refractivity contribution < 1.29 is 17.4 Å². The third kappa shape index (κ3) is 5.15. The molecule has 0 aliphatic heterocycles. The number of hydrogen-bond acceptors (Lipinski definition) is 5. The van der Waals surface area contributed by atoms with Gasteiger partial charge in [0, 0.05) is 18.1 Å². The van der Waals surface area contributed by atoms with Gasteiger partial charge >= 0.3 is 0 Å². The highest BCUT2D eigenvalue weighted by atomic mass is 32.2. The number of rotatable bonds is 5. The second-order valence-corrected chi connectivity index (χ2v) is 6.87. The molecule has 0 aliphatic carbocycles. The van der Waals surface area contributed by atoms with Gasteiger partial charge in [-0.1, -0.05) is 12.1 Å². The van der Waals surface area contributed by atoms with E-state index >= 15 is 0 Å². The lowest BCUT2D eigenvalue weighted by atomic mass is 10.1. The van der Waals surface area contributed by atoms with Gasteiger partial charge in [-0.3, -0.25) is 14.0 Å². The molecule has 1 aromatic carbocycles. The third-order valence-corrected chi connectivity index (χ3v) is 3.71. The summed E-state index contributed by atoms with van der Waals surface area (Å²) >= 11 is 0. The molecule has 1 aromatic heterocycles. The fourth-order valence-corrected chi connectivity index (χ4v) is 2.70. The number of benzene rings is 1. The van der Waals surface area contributed by atoms with Crippen molar-refractivity contribution in [1.29, 1.82) is 0 Å². The summed E-state index contributed by atoms with van der Waals surface area (Å²) in [7, 11) is -3.55. The van der Waals surface area contributed by atoms with Crippen molar-refractivity contribution >= 4 is 21.7 Å². The molecule has 7 heteroatoms. The Kier molecular flexibility index (Phi) is 5.12. The average molecular weight is 334 g/mol. The number of pyridine rings is 1. The van der Waals surface area contributed by atoms with E-state index in [1.807, 2.05) is 6.92 Å². The highest BCUT2D eigenvalue weighted by Crippen LogP contribution is 2.22. The van der Waals surface area contributed by atoms with Crippen molar-refractivity contribution in [3.05, 3.63) is 59.4 Å². The number of nitrogens with one attached hydrogen (secondary N) is 1. The molecule has 0 radical (unpaired) electrons. The van der Waals surface area contributed by atoms with E-state index in [-0.39, 0.29) is 5.91 Å². The SMILES string of the molecule is Cc1cncc(C(=O)Nc2cccc([C@@H](C)OS(C)(=O)=O)c2)c1. The average Bonchev–Trinajstić information content (AvgIpc) is 2.45. The van der Waals surface area contributed by atoms with Crippen LogP contribution in [0.4, 0.5) is 5.69 Å². The van der Waals surface area contributed by atoms with E-state index in [0.717, 1.165) is 11.8 Å². The minimum absolute atomic E-state index is 0.282. The molecule has 0 unspecified atom stereocenters. The number of carbonyl (C=O) groups excluding carboxylic acids is 1. The smallest absolute Gasteiger partial charge is 0.264 e. The Morgan fingerprint density at radius 2 is 2.00 bits per heavy atom. The van der Waals surface area contributed by atoms with Crippen LogP contribution >= 0.6 is 0 Å². The summed E-state index contributed by atoms with van der Waals surface area (Å²) in [5.41, 5.74) is 2.55. The molecule has 2 rings (SSSR count). The van der Waals surface area contributed by atoms with Gasteiger partial charge in [0.05, 0.1) is 17.9 Å². The zero-order chi connectivity index (χ0) is 17.0. The molecule has 1 atom stereocenters. The summed E-state index contributed by atoms with van der Waals surface area (Å²) in [6, 6.07) is 8.59. The highest BCUT2D eigenvalue weighted by molar-refractivity contribution is 7.86. The van der Waals surface area contributed by atoms with Gasteiger partial charge < -0.3 is 5.32 Å². The van der Waals surface area contributed by atoms with Crippen molar-refractivity contribution in [3.63, 3.8) is 0 Å². The number of nitrogens with zero attached hydrogens (tertiary/aromatic N) is 1. The number of aryl methyl sites for hydroxylation is 1. The Labute approximate surface area is 135 Å². The van der Waals surface area contributed by atoms with E-state index in [1.165, 1.54) is 6.20 Å². The Morgan fingerprint density at radius 1 is 1.26 bits per heavy atom. The molecule has 1 amide bonds. The maximum atomic E-state index is 12.2. The summed E-state index contributed by atoms with van der Waals surface area (Å²) in [6.07, 6.45) is 3.52. The molecule has 1 N–H and O–H groups in total. The molecular formula is C16H18N2O4S. The molecule has 23 heavy (non-hydrogen) atoms. The maximum absolute atomic E-state index is 12.2. The number of amides is 1. The molecule has 0 spiro atoms. The van der Waals surface area contributed by atoms with Crippen LogP contribution in [0.1, 0.15) is 34.5 Å². The van der Waals surface area contributed by atoms with Crippen LogP contribution in [0.2, 0.25) is 0 Å². The Bertz CT molecular complexity index is 818. The lowest BCUT2D eigenvalue weighted by Crippen LogP contribution is -2.13. The van der Waals surface area contributed by atoms with Gasteiger partial charge in [0.15, 0.2) is 0 Å². The fourth-order valence-electron chi connectivity index (χ4n) is 2.07. The Balaban J connectivity index is 2.15. The van der Waals surface area contributed by atoms with Crippen molar-refractivity contribution in [2.24, 2.45) is 0 Å². The molecule has 122 valence electrons. The van der Waals surface area contributed by atoms with Crippen molar-refractivity contribution in [2.45, 2.75) is 20.0 Å². The fraction of sp³-hybridized carbons (Fsp3) is 0.250. The van der Waals surface area contributed by atoms with E-state index in [9.17, 15) is 13.2 Å². The van der Waals surface area contributed by atoms with Gasteiger partial charge in [-0.15, -0.1) is 0 Å². The van der Waals surface area contributed by atoms with Crippen LogP contribution < -0.4 is 5.32 Å². The Hall–Kier alpha value is -2.25. The summed E-state index contributed by atoms with van der Waals surface area (Å²) in [6.45, 7) is 3.49. The minimum Gasteiger partial charge on any atom is -0.322 e. The number of aromatic nitrogens is 1. The van der Waals surface area contributed by atoms with Crippen molar-refractivity contribution in [1.82, 2.24) is 4.98 Å². The van der Waals surface area contributed by atoms with Gasteiger partial charge in [0.2, 0.25) is 0 Å². The van der Waals surface area contributed by atoms with E-state index in [0.29, 0.717) is 16.8 Å². The van der Waals surface area contributed by atoms with E-state index in [4.69, 9.17) is 4.18 Å². The summed E-state index contributed by atoms with van der Waals surface area (Å²) in [5, 5.41) is 2.76. The maximum Gasteiger partial charge on any atom is 0.264 e. The van der Waals surface area contributed by atoms with Gasteiger partial charge in [0.1, 0.15) is 0 Å². The minimum atomic E-state index is -3.55. The van der Waals surface area contributed by atoms with Crippen LogP contribution in [0.3, 0.4) is 0 Å². The molecule has 2 aromatic rings. The molecule has 0 bridgehead atoms. The number of anilines is 1. The van der Waals surface area contributed by atoms with E-state index < -0.39 is 16.2 Å². The van der Waals surface area contributed by atoms with Crippen LogP contribution in [0, 0.1) is 6.92 Å². The standard InChI is InChI=1S/C16H18N2O4S/c1-11-7-14(10-17-9-11)16(19)18-15-6-4-5-13(8-15)12(2)22-23(3,20)21/h4-10,12H,1-3H3,(H,18,19)/t12-/m1/s1. The Morgan fingerprint density at radius 3 is 2.65 bits per heavy atom. The van der Waals surface area contributed by atoms with Gasteiger partial charge in [-0.05, 0) is 43.2 Å². The first-order valence-corrected chi connectivity index (χ1v) is 8.77. The van der Waals surface area contributed by atoms with Gasteiger partial charge in [-0.2, -0.15) is 8.42 Å². The van der Waals surface area contributed by atoms with Crippen LogP contribution in [-0.2, 0) is 14.3 Å². The first-order chi connectivity index (χ1) is 10.7. The van der Waals surface area contributed by atoms with E-state index in [2.05, 4.69) is 10.3 Å². The van der Waals surface area contributed by atoms with Crippen molar-refractivity contribution in [2.75, 3.05) is 11.6 Å². The monoisotopic (exact) mass is 334 g/mol. The lowest BCUT2D eigenvalue weighted by Gasteiger charge is -2.13. The zero-order valence-corrected chi connectivity index (χ0v) is 13.9. The molecule has 1 heterocycles.